The molecule has 0 fully saturated rings. The molecule has 1 unspecified atom stereocenters. The molecule has 2 amide bonds. The van der Waals surface area contributed by atoms with Gasteiger partial charge in [-0.25, -0.2) is 14.0 Å². The summed E-state index contributed by atoms with van der Waals surface area (Å²) in [6, 6.07) is 2.33. The van der Waals surface area contributed by atoms with Crippen molar-refractivity contribution in [2.75, 3.05) is 5.32 Å². The number of aliphatic carboxylic acids is 1. The van der Waals surface area contributed by atoms with Crippen molar-refractivity contribution in [3.05, 3.63) is 27.6 Å². The summed E-state index contributed by atoms with van der Waals surface area (Å²) in [5.41, 5.74) is 0.426. The van der Waals surface area contributed by atoms with Gasteiger partial charge in [-0.15, -0.1) is 0 Å². The smallest absolute Gasteiger partial charge is 0.326 e. The summed E-state index contributed by atoms with van der Waals surface area (Å²) in [7, 11) is 0. The summed E-state index contributed by atoms with van der Waals surface area (Å²) in [5.74, 6) is -1.50. The normalized spacial score (nSPS) is 11.7. The lowest BCUT2D eigenvalue weighted by molar-refractivity contribution is -0.139. The molecular weight excluding hydrogens is 354 g/mol. The molecule has 0 aliphatic rings. The van der Waals surface area contributed by atoms with Crippen molar-refractivity contribution < 1.29 is 19.1 Å². The molecule has 5 nitrogen and oxygen atoms in total. The highest BCUT2D eigenvalue weighted by Crippen LogP contribution is 2.18. The van der Waals surface area contributed by atoms with E-state index in [2.05, 4.69) is 10.6 Å². The topological polar surface area (TPSA) is 78.4 Å². The van der Waals surface area contributed by atoms with Crippen LogP contribution in [0.5, 0.6) is 0 Å². The fourth-order valence-corrected chi connectivity index (χ4v) is 1.86. The number of nitrogens with one attached hydrogen (secondary N) is 2. The standard InChI is InChI=1S/C11H12FIN2O3/c1-2-8(10(16)17)14-11(18)15-9-4-3-6(12)5-7(9)13/h3-5,8H,2H2,1H3,(H,16,17)(H2,14,15,18). The number of anilines is 1. The molecule has 0 aliphatic carbocycles. The lowest BCUT2D eigenvalue weighted by Crippen LogP contribution is -2.42. The molecule has 0 saturated carbocycles. The van der Waals surface area contributed by atoms with Crippen molar-refractivity contribution in [3.8, 4) is 0 Å². The van der Waals surface area contributed by atoms with Crippen LogP contribution in [0.4, 0.5) is 14.9 Å². The van der Waals surface area contributed by atoms with Crippen molar-refractivity contribution >= 4 is 40.3 Å². The maximum absolute atomic E-state index is 12.8. The minimum Gasteiger partial charge on any atom is -0.480 e. The van der Waals surface area contributed by atoms with Crippen LogP contribution >= 0.6 is 22.6 Å². The number of urea groups is 1. The number of hydrogen-bond acceptors (Lipinski definition) is 2. The van der Waals surface area contributed by atoms with E-state index in [1.807, 2.05) is 22.6 Å². The van der Waals surface area contributed by atoms with Gasteiger partial charge < -0.3 is 15.7 Å². The van der Waals surface area contributed by atoms with Gasteiger partial charge in [-0.3, -0.25) is 0 Å². The largest absolute Gasteiger partial charge is 0.480 e. The molecule has 0 aromatic heterocycles. The van der Waals surface area contributed by atoms with Crippen molar-refractivity contribution in [2.45, 2.75) is 19.4 Å². The lowest BCUT2D eigenvalue weighted by atomic mass is 10.2. The van der Waals surface area contributed by atoms with E-state index in [9.17, 15) is 14.0 Å². The van der Waals surface area contributed by atoms with E-state index in [-0.39, 0.29) is 6.42 Å². The molecule has 7 heteroatoms. The first-order valence-electron chi connectivity index (χ1n) is 5.19. The number of carboxylic acid groups (broad SMARTS) is 1. The van der Waals surface area contributed by atoms with Gasteiger partial charge in [-0.1, -0.05) is 6.92 Å². The Hall–Kier alpha value is -1.38. The molecule has 0 aliphatic heterocycles. The van der Waals surface area contributed by atoms with Crippen molar-refractivity contribution in [1.82, 2.24) is 5.32 Å². The first-order valence-corrected chi connectivity index (χ1v) is 6.27. The molecule has 1 atom stereocenters. The summed E-state index contributed by atoms with van der Waals surface area (Å²) < 4.78 is 13.4. The van der Waals surface area contributed by atoms with E-state index in [0.717, 1.165) is 0 Å². The van der Waals surface area contributed by atoms with Gasteiger partial charge >= 0.3 is 12.0 Å². The average Bonchev–Trinajstić information content (AvgIpc) is 2.29. The van der Waals surface area contributed by atoms with Crippen LogP contribution in [0.25, 0.3) is 0 Å². The van der Waals surface area contributed by atoms with Crippen LogP contribution in [0.2, 0.25) is 0 Å². The molecule has 3 N–H and O–H groups in total. The zero-order valence-electron chi connectivity index (χ0n) is 9.54. The summed E-state index contributed by atoms with van der Waals surface area (Å²) in [6.45, 7) is 1.65. The molecular formula is C11H12FIN2O3. The molecule has 0 heterocycles. The highest BCUT2D eigenvalue weighted by molar-refractivity contribution is 14.1. The fraction of sp³-hybridized carbons (Fsp3) is 0.273. The van der Waals surface area contributed by atoms with Gasteiger partial charge in [-0.2, -0.15) is 0 Å². The third-order valence-electron chi connectivity index (χ3n) is 2.19. The summed E-state index contributed by atoms with van der Waals surface area (Å²) in [6.07, 6.45) is 0.281. The fourth-order valence-electron chi connectivity index (χ4n) is 1.25. The number of rotatable bonds is 4. The van der Waals surface area contributed by atoms with Gasteiger partial charge in [0, 0.05) is 3.57 Å². The lowest BCUT2D eigenvalue weighted by Gasteiger charge is -2.13. The maximum Gasteiger partial charge on any atom is 0.326 e. The summed E-state index contributed by atoms with van der Waals surface area (Å²) >= 11 is 1.88. The second-order valence-electron chi connectivity index (χ2n) is 3.52. The quantitative estimate of drug-likeness (QED) is 0.717. The Morgan fingerprint density at radius 2 is 2.17 bits per heavy atom. The monoisotopic (exact) mass is 366 g/mol. The number of carboxylic acids is 1. The first kappa shape index (κ1) is 14.7. The Kier molecular flexibility index (Phi) is 5.32. The van der Waals surface area contributed by atoms with Gasteiger partial charge in [-0.05, 0) is 47.2 Å². The Balaban J connectivity index is 2.67. The zero-order chi connectivity index (χ0) is 13.7. The Morgan fingerprint density at radius 3 is 2.67 bits per heavy atom. The van der Waals surface area contributed by atoms with Crippen molar-refractivity contribution in [1.29, 1.82) is 0 Å². The second-order valence-corrected chi connectivity index (χ2v) is 4.68. The van der Waals surface area contributed by atoms with Crippen LogP contribution in [0.15, 0.2) is 18.2 Å². The minimum atomic E-state index is -1.10. The number of carbonyl (C=O) groups excluding carboxylic acids is 1. The van der Waals surface area contributed by atoms with E-state index < -0.39 is 23.9 Å². The number of amides is 2. The molecule has 0 radical (unpaired) electrons. The molecule has 1 aromatic carbocycles. The molecule has 0 spiro atoms. The van der Waals surface area contributed by atoms with Crippen LogP contribution < -0.4 is 10.6 Å². The van der Waals surface area contributed by atoms with E-state index in [0.29, 0.717) is 9.26 Å². The third kappa shape index (κ3) is 4.13. The van der Waals surface area contributed by atoms with Crippen molar-refractivity contribution in [2.24, 2.45) is 0 Å². The number of hydrogen-bond donors (Lipinski definition) is 3. The van der Waals surface area contributed by atoms with Crippen LogP contribution in [-0.2, 0) is 4.79 Å². The van der Waals surface area contributed by atoms with Crippen LogP contribution in [0.1, 0.15) is 13.3 Å². The van der Waals surface area contributed by atoms with Gasteiger partial charge in [0.05, 0.1) is 5.69 Å². The molecule has 1 rings (SSSR count). The van der Waals surface area contributed by atoms with Gasteiger partial charge in [0.25, 0.3) is 0 Å². The molecule has 18 heavy (non-hydrogen) atoms. The van der Waals surface area contributed by atoms with E-state index in [1.54, 1.807) is 6.92 Å². The zero-order valence-corrected chi connectivity index (χ0v) is 11.7. The van der Waals surface area contributed by atoms with Crippen molar-refractivity contribution in [3.63, 3.8) is 0 Å². The van der Waals surface area contributed by atoms with Crippen LogP contribution in [-0.4, -0.2) is 23.1 Å². The van der Waals surface area contributed by atoms with Gasteiger partial charge in [0.1, 0.15) is 11.9 Å². The third-order valence-corrected chi connectivity index (χ3v) is 3.08. The highest BCUT2D eigenvalue weighted by Gasteiger charge is 2.17. The SMILES string of the molecule is CCC(NC(=O)Nc1ccc(F)cc1I)C(=O)O. The molecule has 0 bridgehead atoms. The maximum atomic E-state index is 12.8. The number of carbonyl (C=O) groups is 2. The van der Waals surface area contributed by atoms with Crippen LogP contribution in [0, 0.1) is 9.39 Å². The number of halogens is 2. The average molecular weight is 366 g/mol. The number of benzene rings is 1. The minimum absolute atomic E-state index is 0.281. The highest BCUT2D eigenvalue weighted by atomic mass is 127. The summed E-state index contributed by atoms with van der Waals surface area (Å²) in [4.78, 5) is 22.3. The van der Waals surface area contributed by atoms with E-state index in [4.69, 9.17) is 5.11 Å². The molecule has 0 saturated heterocycles. The summed E-state index contributed by atoms with van der Waals surface area (Å²) in [5, 5.41) is 13.6. The van der Waals surface area contributed by atoms with Gasteiger partial charge in [0.15, 0.2) is 0 Å². The Morgan fingerprint density at radius 1 is 1.50 bits per heavy atom. The van der Waals surface area contributed by atoms with E-state index in [1.165, 1.54) is 18.2 Å². The molecule has 98 valence electrons. The predicted octanol–water partition coefficient (Wildman–Crippen LogP) is 2.42. The molecule has 1 aromatic rings. The van der Waals surface area contributed by atoms with Gasteiger partial charge in [0.2, 0.25) is 0 Å². The predicted molar refractivity (Wildman–Crippen MR) is 73.0 cm³/mol. The van der Waals surface area contributed by atoms with E-state index >= 15 is 0 Å². The first-order chi connectivity index (χ1) is 8.43. The second kappa shape index (κ2) is 6.53. The Labute approximate surface area is 117 Å². The Bertz CT molecular complexity index is 468. The van der Waals surface area contributed by atoms with Crippen LogP contribution in [0.3, 0.4) is 0 Å².